The number of halogens is 3. The number of allylic oxidation sites excluding steroid dienone is 3. The highest BCUT2D eigenvalue weighted by atomic mass is 79.9. The number of carbonyl (C=O) groups excluding carboxylic acids is 1. The average Bonchev–Trinajstić information content (AvgIpc) is 3.09. The summed E-state index contributed by atoms with van der Waals surface area (Å²) >= 11 is 18.1. The van der Waals surface area contributed by atoms with E-state index in [2.05, 4.69) is 42.8 Å². The second-order valence-corrected chi connectivity index (χ2v) is 11.6. The van der Waals surface area contributed by atoms with Gasteiger partial charge in [-0.3, -0.25) is 9.69 Å². The molecule has 2 heterocycles. The quantitative estimate of drug-likeness (QED) is 0.434. The Morgan fingerprint density at radius 1 is 1.34 bits per heavy atom. The number of thiophene rings is 1. The molecule has 1 atom stereocenters. The Labute approximate surface area is 210 Å². The number of aryl methyl sites for hydroxylation is 1. The molecular formula is C24H22BrCl2N3OS. The van der Waals surface area contributed by atoms with Crippen molar-refractivity contribution < 1.29 is 4.79 Å². The molecule has 4 nitrogen and oxygen atoms in total. The third kappa shape index (κ3) is 3.80. The van der Waals surface area contributed by atoms with Crippen molar-refractivity contribution in [2.45, 2.75) is 46.0 Å². The molecule has 1 unspecified atom stereocenters. The van der Waals surface area contributed by atoms with E-state index in [9.17, 15) is 10.1 Å². The maximum Gasteiger partial charge on any atom is 0.162 e. The smallest absolute Gasteiger partial charge is 0.162 e. The molecule has 1 aliphatic carbocycles. The lowest BCUT2D eigenvalue weighted by Crippen LogP contribution is -2.42. The Hall–Kier alpha value is -1.78. The van der Waals surface area contributed by atoms with Gasteiger partial charge in [-0.25, -0.2) is 0 Å². The van der Waals surface area contributed by atoms with E-state index in [1.54, 1.807) is 28.4 Å². The van der Waals surface area contributed by atoms with Crippen molar-refractivity contribution in [1.29, 1.82) is 5.26 Å². The number of hydrogen-bond acceptors (Lipinski definition) is 5. The summed E-state index contributed by atoms with van der Waals surface area (Å²) in [6, 6.07) is 9.61. The summed E-state index contributed by atoms with van der Waals surface area (Å²) in [5, 5.41) is 10.9. The van der Waals surface area contributed by atoms with Gasteiger partial charge >= 0.3 is 0 Å². The van der Waals surface area contributed by atoms with Crippen LogP contribution in [0.1, 0.15) is 49.3 Å². The molecule has 1 aromatic heterocycles. The van der Waals surface area contributed by atoms with Crippen LogP contribution in [0.5, 0.6) is 0 Å². The minimum absolute atomic E-state index is 0.0345. The van der Waals surface area contributed by atoms with E-state index >= 15 is 0 Å². The van der Waals surface area contributed by atoms with Gasteiger partial charge in [0.1, 0.15) is 5.82 Å². The fourth-order valence-corrected chi connectivity index (χ4v) is 6.96. The van der Waals surface area contributed by atoms with E-state index in [0.717, 1.165) is 21.5 Å². The Bertz CT molecular complexity index is 1240. The summed E-state index contributed by atoms with van der Waals surface area (Å²) in [7, 11) is 0. The van der Waals surface area contributed by atoms with Crippen LogP contribution in [0.15, 0.2) is 51.4 Å². The first kappa shape index (κ1) is 23.4. The van der Waals surface area contributed by atoms with Gasteiger partial charge in [-0.15, -0.1) is 11.3 Å². The highest BCUT2D eigenvalue weighted by Crippen LogP contribution is 2.52. The van der Waals surface area contributed by atoms with Gasteiger partial charge in [-0.2, -0.15) is 5.26 Å². The molecule has 1 aromatic carbocycles. The number of carbonyl (C=O) groups is 1. The summed E-state index contributed by atoms with van der Waals surface area (Å²) in [6.07, 6.45) is 1.89. The van der Waals surface area contributed by atoms with Crippen molar-refractivity contribution in [1.82, 2.24) is 0 Å². The summed E-state index contributed by atoms with van der Waals surface area (Å²) < 4.78 is 0.988. The van der Waals surface area contributed by atoms with Crippen LogP contribution in [0.3, 0.4) is 0 Å². The van der Waals surface area contributed by atoms with Crippen LogP contribution in [0.25, 0.3) is 0 Å². The van der Waals surface area contributed by atoms with Crippen LogP contribution >= 0.6 is 50.5 Å². The molecule has 2 N–H and O–H groups in total. The Kier molecular flexibility index (Phi) is 6.23. The topological polar surface area (TPSA) is 70.1 Å². The van der Waals surface area contributed by atoms with E-state index in [4.69, 9.17) is 28.9 Å². The molecule has 2 aromatic rings. The molecule has 0 spiro atoms. The zero-order chi connectivity index (χ0) is 23.4. The van der Waals surface area contributed by atoms with Crippen molar-refractivity contribution in [3.05, 3.63) is 71.2 Å². The van der Waals surface area contributed by atoms with Crippen molar-refractivity contribution in [2.24, 2.45) is 11.1 Å². The van der Waals surface area contributed by atoms with Crippen LogP contribution < -0.4 is 10.6 Å². The summed E-state index contributed by atoms with van der Waals surface area (Å²) in [6.45, 7) is 6.22. The van der Waals surface area contributed by atoms with Gasteiger partial charge < -0.3 is 5.73 Å². The highest BCUT2D eigenvalue weighted by molar-refractivity contribution is 9.10. The molecule has 0 bridgehead atoms. The monoisotopic (exact) mass is 549 g/mol. The fraction of sp³-hybridized carbons (Fsp3) is 0.333. The zero-order valence-corrected chi connectivity index (χ0v) is 21.8. The Morgan fingerprint density at radius 3 is 2.69 bits per heavy atom. The van der Waals surface area contributed by atoms with Crippen LogP contribution in [0.2, 0.25) is 10.0 Å². The first-order valence-corrected chi connectivity index (χ1v) is 12.6. The maximum absolute atomic E-state index is 13.6. The Balaban J connectivity index is 2.03. The SMILES string of the molecule is CCc1sc(C2C(C#N)=C(N)N(c3cccc(Cl)c3Cl)C3=C2C(=O)CC(C)(C)C3)cc1Br. The third-order valence-corrected chi connectivity index (χ3v) is 9.06. The van der Waals surface area contributed by atoms with Gasteiger partial charge in [-0.1, -0.05) is 50.0 Å². The van der Waals surface area contributed by atoms with Crippen molar-refractivity contribution in [3.63, 3.8) is 0 Å². The van der Waals surface area contributed by atoms with Gasteiger partial charge in [0, 0.05) is 31.9 Å². The van der Waals surface area contributed by atoms with Gasteiger partial charge in [0.25, 0.3) is 0 Å². The molecule has 0 amide bonds. The van der Waals surface area contributed by atoms with E-state index < -0.39 is 5.92 Å². The summed E-state index contributed by atoms with van der Waals surface area (Å²) in [5.41, 5.74) is 8.75. The van der Waals surface area contributed by atoms with Crippen LogP contribution in [0.4, 0.5) is 5.69 Å². The van der Waals surface area contributed by atoms with E-state index in [1.807, 2.05) is 12.1 Å². The summed E-state index contributed by atoms with van der Waals surface area (Å²) in [5.74, 6) is -0.171. The largest absolute Gasteiger partial charge is 0.384 e. The summed E-state index contributed by atoms with van der Waals surface area (Å²) in [4.78, 5) is 17.4. The molecule has 2 aliphatic rings. The van der Waals surface area contributed by atoms with Gasteiger partial charge in [0.2, 0.25) is 0 Å². The molecule has 8 heteroatoms. The van der Waals surface area contributed by atoms with E-state index in [1.165, 1.54) is 4.88 Å². The number of Topliss-reactive ketones (excluding diaryl/α,β-unsaturated/α-hetero) is 1. The molecule has 0 saturated carbocycles. The lowest BCUT2D eigenvalue weighted by Gasteiger charge is -2.43. The van der Waals surface area contributed by atoms with Gasteiger partial charge in [0.05, 0.1) is 33.3 Å². The zero-order valence-electron chi connectivity index (χ0n) is 17.9. The highest BCUT2D eigenvalue weighted by Gasteiger charge is 2.45. The molecule has 0 saturated heterocycles. The molecule has 32 heavy (non-hydrogen) atoms. The predicted octanol–water partition coefficient (Wildman–Crippen LogP) is 7.32. The predicted molar refractivity (Wildman–Crippen MR) is 135 cm³/mol. The number of anilines is 1. The normalized spacial score (nSPS) is 20.5. The number of ketones is 1. The van der Waals surface area contributed by atoms with Crippen LogP contribution in [-0.2, 0) is 11.2 Å². The minimum atomic E-state index is -0.491. The Morgan fingerprint density at radius 2 is 2.06 bits per heavy atom. The third-order valence-electron chi connectivity index (χ3n) is 5.94. The van der Waals surface area contributed by atoms with Crippen molar-refractivity contribution in [3.8, 4) is 6.07 Å². The number of nitrogens with two attached hydrogens (primary N) is 1. The number of nitriles is 1. The van der Waals surface area contributed by atoms with Gasteiger partial charge in [0.15, 0.2) is 5.78 Å². The molecule has 4 rings (SSSR count). The first-order chi connectivity index (χ1) is 15.1. The molecule has 1 aliphatic heterocycles. The minimum Gasteiger partial charge on any atom is -0.384 e. The second-order valence-electron chi connectivity index (χ2n) is 8.83. The molecule has 166 valence electrons. The van der Waals surface area contributed by atoms with E-state index in [0.29, 0.717) is 39.7 Å². The standard InChI is InChI=1S/C24H22BrCl2N3OS/c1-4-18-13(25)8-19(32-18)20-12(11-28)23(29)30(15-7-5-6-14(26)22(15)27)16-9-24(2,3)10-17(31)21(16)20/h5-8,20H,4,9-10,29H2,1-3H3. The molecule has 0 fully saturated rings. The second kappa shape index (κ2) is 8.53. The average molecular weight is 551 g/mol. The van der Waals surface area contributed by atoms with Crippen LogP contribution in [-0.4, -0.2) is 5.78 Å². The fourth-order valence-electron chi connectivity index (χ4n) is 4.54. The van der Waals surface area contributed by atoms with Crippen molar-refractivity contribution in [2.75, 3.05) is 4.90 Å². The molecule has 0 radical (unpaired) electrons. The maximum atomic E-state index is 13.6. The lowest BCUT2D eigenvalue weighted by molar-refractivity contribution is -0.118. The van der Waals surface area contributed by atoms with Gasteiger partial charge in [-0.05, 0) is 52.4 Å². The molecular weight excluding hydrogens is 529 g/mol. The number of rotatable bonds is 3. The number of hydrogen-bond donors (Lipinski definition) is 1. The van der Waals surface area contributed by atoms with E-state index in [-0.39, 0.29) is 17.0 Å². The van der Waals surface area contributed by atoms with Crippen LogP contribution in [0, 0.1) is 16.7 Å². The number of nitrogens with zero attached hydrogens (tertiary/aromatic N) is 2. The van der Waals surface area contributed by atoms with Crippen molar-refractivity contribution >= 4 is 61.9 Å². The first-order valence-electron chi connectivity index (χ1n) is 10.3. The lowest BCUT2D eigenvalue weighted by atomic mass is 9.69. The number of benzene rings is 1.